The largest absolute Gasteiger partial charge is 0.497 e. The Bertz CT molecular complexity index is 823. The summed E-state index contributed by atoms with van der Waals surface area (Å²) in [5.41, 5.74) is 0. The van der Waals surface area contributed by atoms with Crippen molar-refractivity contribution in [1.82, 2.24) is 0 Å². The lowest BCUT2D eigenvalue weighted by atomic mass is 9.86. The number of esters is 1. The van der Waals surface area contributed by atoms with Crippen LogP contribution in [0.4, 0.5) is 0 Å². The second-order valence-electron chi connectivity index (χ2n) is 8.97. The molecule has 2 rings (SSSR count). The van der Waals surface area contributed by atoms with Crippen LogP contribution in [0.1, 0.15) is 58.8 Å². The summed E-state index contributed by atoms with van der Waals surface area (Å²) in [6.45, 7) is 3.75. The number of hydrogen-bond acceptors (Lipinski definition) is 8. The van der Waals surface area contributed by atoms with Crippen LogP contribution in [0.5, 0.6) is 11.5 Å². The highest BCUT2D eigenvalue weighted by atomic mass is 16.5. The molecule has 34 heavy (non-hydrogen) atoms. The minimum Gasteiger partial charge on any atom is -0.497 e. The van der Waals surface area contributed by atoms with E-state index in [9.17, 15) is 19.6 Å². The highest BCUT2D eigenvalue weighted by Gasteiger charge is 2.42. The van der Waals surface area contributed by atoms with Gasteiger partial charge in [-0.1, -0.05) is 23.4 Å². The third kappa shape index (κ3) is 9.25. The number of carbonyl (C=O) groups excluding carboxylic acids is 2. The van der Waals surface area contributed by atoms with Gasteiger partial charge in [-0.25, -0.2) is 0 Å². The van der Waals surface area contributed by atoms with E-state index in [-0.39, 0.29) is 42.7 Å². The third-order valence-corrected chi connectivity index (χ3v) is 5.96. The fourth-order valence-corrected chi connectivity index (χ4v) is 4.23. The van der Waals surface area contributed by atoms with Gasteiger partial charge in [0, 0.05) is 24.8 Å². The summed E-state index contributed by atoms with van der Waals surface area (Å²) < 4.78 is 15.9. The molecule has 0 spiro atoms. The number of nitroso groups, excluding NO2 is 1. The minimum atomic E-state index is -0.726. The summed E-state index contributed by atoms with van der Waals surface area (Å²) in [5.74, 6) is 0.633. The van der Waals surface area contributed by atoms with Gasteiger partial charge in [-0.2, -0.15) is 4.91 Å². The van der Waals surface area contributed by atoms with Gasteiger partial charge in [0.05, 0.1) is 19.3 Å². The summed E-state index contributed by atoms with van der Waals surface area (Å²) in [5, 5.41) is 13.6. The molecule has 1 N–H and O–H groups in total. The lowest BCUT2D eigenvalue weighted by molar-refractivity contribution is -0.147. The van der Waals surface area contributed by atoms with Crippen molar-refractivity contribution in [2.75, 3.05) is 13.7 Å². The Hall–Kier alpha value is -2.74. The standard InChI is InChI=1S/C26H37NO7/c1-18(2)34-26(30)12-7-5-4-6-11-23-22(24(27-31)16-25(23)29)14-13-19(28)17-33-21-10-8-9-20(15-21)32-3/h4,6,8-10,15,18-19,22-24,28H,5,7,11-14,16-17H2,1-3H3/t19-,22-,23-,24?/m1/s1. The smallest absolute Gasteiger partial charge is 0.306 e. The Kier molecular flexibility index (Phi) is 11.7. The summed E-state index contributed by atoms with van der Waals surface area (Å²) in [6, 6.07) is 6.59. The van der Waals surface area contributed by atoms with Gasteiger partial charge in [-0.05, 0) is 64.0 Å². The number of ketones is 1. The number of aliphatic hydroxyl groups excluding tert-OH is 1. The van der Waals surface area contributed by atoms with Crippen LogP contribution in [0.3, 0.4) is 0 Å². The maximum atomic E-state index is 12.5. The fraction of sp³-hybridized carbons (Fsp3) is 0.615. The van der Waals surface area contributed by atoms with Crippen molar-refractivity contribution in [3.05, 3.63) is 41.3 Å². The summed E-state index contributed by atoms with van der Waals surface area (Å²) >= 11 is 0. The van der Waals surface area contributed by atoms with Gasteiger partial charge in [0.2, 0.25) is 0 Å². The maximum Gasteiger partial charge on any atom is 0.306 e. The normalized spacial score (nSPS) is 21.1. The first kappa shape index (κ1) is 27.5. The average Bonchev–Trinajstić information content (AvgIpc) is 3.12. The first-order valence-corrected chi connectivity index (χ1v) is 12.0. The van der Waals surface area contributed by atoms with Crippen molar-refractivity contribution < 1.29 is 28.9 Å². The van der Waals surface area contributed by atoms with Gasteiger partial charge in [0.1, 0.15) is 29.9 Å². The number of allylic oxidation sites excluding steroid dienone is 2. The second-order valence-corrected chi connectivity index (χ2v) is 8.97. The van der Waals surface area contributed by atoms with E-state index in [4.69, 9.17) is 14.2 Å². The Morgan fingerprint density at radius 3 is 2.74 bits per heavy atom. The number of methoxy groups -OCH3 is 1. The highest BCUT2D eigenvalue weighted by molar-refractivity contribution is 5.84. The fourth-order valence-electron chi connectivity index (χ4n) is 4.23. The van der Waals surface area contributed by atoms with Crippen molar-refractivity contribution in [2.24, 2.45) is 17.0 Å². The molecule has 0 aromatic heterocycles. The van der Waals surface area contributed by atoms with E-state index in [1.807, 2.05) is 32.1 Å². The molecule has 1 aromatic carbocycles. The van der Waals surface area contributed by atoms with Gasteiger partial charge in [-0.15, -0.1) is 0 Å². The molecule has 1 saturated carbocycles. The van der Waals surface area contributed by atoms with Crippen LogP contribution in [0.2, 0.25) is 0 Å². The van der Waals surface area contributed by atoms with Crippen molar-refractivity contribution in [3.63, 3.8) is 0 Å². The number of ether oxygens (including phenoxy) is 3. The van der Waals surface area contributed by atoms with E-state index < -0.39 is 12.1 Å². The molecule has 1 unspecified atom stereocenters. The Labute approximate surface area is 201 Å². The lowest BCUT2D eigenvalue weighted by Gasteiger charge is -2.21. The number of unbranched alkanes of at least 4 members (excludes halogenated alkanes) is 1. The topological polar surface area (TPSA) is 111 Å². The number of aliphatic hydroxyl groups is 1. The summed E-state index contributed by atoms with van der Waals surface area (Å²) in [4.78, 5) is 35.4. The number of Topliss-reactive ketones (excluding diaryl/α,β-unsaturated/α-hetero) is 1. The highest BCUT2D eigenvalue weighted by Crippen LogP contribution is 2.37. The molecule has 0 aliphatic heterocycles. The average molecular weight is 476 g/mol. The first-order valence-electron chi connectivity index (χ1n) is 12.0. The molecule has 188 valence electrons. The summed E-state index contributed by atoms with van der Waals surface area (Å²) in [6.07, 6.45) is 6.44. The predicted molar refractivity (Wildman–Crippen MR) is 129 cm³/mol. The zero-order chi connectivity index (χ0) is 24.9. The zero-order valence-electron chi connectivity index (χ0n) is 20.4. The molecular weight excluding hydrogens is 438 g/mol. The van der Waals surface area contributed by atoms with Crippen LogP contribution >= 0.6 is 0 Å². The first-order chi connectivity index (χ1) is 16.3. The number of benzene rings is 1. The van der Waals surface area contributed by atoms with Crippen LogP contribution in [0.25, 0.3) is 0 Å². The van der Waals surface area contributed by atoms with Crippen molar-refractivity contribution in [3.8, 4) is 11.5 Å². The minimum absolute atomic E-state index is 0.0434. The van der Waals surface area contributed by atoms with E-state index in [1.165, 1.54) is 0 Å². The van der Waals surface area contributed by atoms with Gasteiger partial charge < -0.3 is 19.3 Å². The molecular formula is C26H37NO7. The molecule has 8 nitrogen and oxygen atoms in total. The van der Waals surface area contributed by atoms with Gasteiger partial charge in [0.15, 0.2) is 0 Å². The van der Waals surface area contributed by atoms with E-state index in [2.05, 4.69) is 5.18 Å². The number of hydrogen-bond donors (Lipinski definition) is 1. The van der Waals surface area contributed by atoms with E-state index >= 15 is 0 Å². The van der Waals surface area contributed by atoms with Gasteiger partial charge >= 0.3 is 5.97 Å². The van der Waals surface area contributed by atoms with Gasteiger partial charge in [-0.3, -0.25) is 9.59 Å². The number of rotatable bonds is 15. The van der Waals surface area contributed by atoms with E-state index in [0.717, 1.165) is 0 Å². The molecule has 0 saturated heterocycles. The Morgan fingerprint density at radius 1 is 1.26 bits per heavy atom. The molecule has 0 bridgehead atoms. The molecule has 1 fully saturated rings. The van der Waals surface area contributed by atoms with Crippen LogP contribution in [0, 0.1) is 16.7 Å². The maximum absolute atomic E-state index is 12.5. The predicted octanol–water partition coefficient (Wildman–Crippen LogP) is 4.62. The zero-order valence-corrected chi connectivity index (χ0v) is 20.4. The Morgan fingerprint density at radius 2 is 2.03 bits per heavy atom. The van der Waals surface area contributed by atoms with E-state index in [0.29, 0.717) is 50.0 Å². The third-order valence-electron chi connectivity index (χ3n) is 5.96. The molecule has 1 aliphatic rings. The molecule has 0 amide bonds. The lowest BCUT2D eigenvalue weighted by Crippen LogP contribution is -2.24. The monoisotopic (exact) mass is 475 g/mol. The molecule has 1 aromatic rings. The summed E-state index contributed by atoms with van der Waals surface area (Å²) in [7, 11) is 1.57. The molecule has 1 aliphatic carbocycles. The molecule has 4 atom stereocenters. The second kappa shape index (κ2) is 14.5. The number of carbonyl (C=O) groups is 2. The Balaban J connectivity index is 1.78. The van der Waals surface area contributed by atoms with Crippen LogP contribution in [-0.4, -0.2) is 48.8 Å². The SMILES string of the molecule is COc1cccc(OC[C@H](O)CC[C@H]2C(N=O)CC(=O)[C@@H]2CC=CCCCC(=O)OC(C)C)c1. The van der Waals surface area contributed by atoms with Crippen LogP contribution < -0.4 is 9.47 Å². The van der Waals surface area contributed by atoms with Gasteiger partial charge in [0.25, 0.3) is 0 Å². The van der Waals surface area contributed by atoms with Crippen LogP contribution in [-0.2, 0) is 14.3 Å². The molecule has 0 radical (unpaired) electrons. The quantitative estimate of drug-likeness (QED) is 0.170. The molecule has 8 heteroatoms. The molecule has 0 heterocycles. The van der Waals surface area contributed by atoms with Crippen molar-refractivity contribution in [1.29, 1.82) is 0 Å². The number of nitrogens with zero attached hydrogens (tertiary/aromatic N) is 1. The van der Waals surface area contributed by atoms with Crippen molar-refractivity contribution in [2.45, 2.75) is 77.0 Å². The van der Waals surface area contributed by atoms with Crippen molar-refractivity contribution >= 4 is 11.8 Å². The van der Waals surface area contributed by atoms with E-state index in [1.54, 1.807) is 25.3 Å². The van der Waals surface area contributed by atoms with Crippen LogP contribution in [0.15, 0.2) is 41.6 Å².